The third-order valence-corrected chi connectivity index (χ3v) is 7.29. The second kappa shape index (κ2) is 3.84. The Kier molecular flexibility index (Phi) is 2.80. The Bertz CT molecular complexity index is 602. The fourth-order valence-corrected chi connectivity index (χ4v) is 6.58. The lowest BCUT2D eigenvalue weighted by Crippen LogP contribution is -2.42. The molecule has 0 radical (unpaired) electrons. The number of rotatable bonds is 2. The van der Waals surface area contributed by atoms with E-state index in [9.17, 15) is 13.2 Å². The van der Waals surface area contributed by atoms with Crippen molar-refractivity contribution in [2.24, 2.45) is 39.9 Å². The monoisotopic (exact) mass is 313 g/mol. The van der Waals surface area contributed by atoms with E-state index in [1.807, 2.05) is 0 Å². The molecule has 3 saturated carbocycles. The summed E-state index contributed by atoms with van der Waals surface area (Å²) in [5.41, 5.74) is 0.728. The topological polar surface area (TPSA) is 63.2 Å². The molecule has 1 spiro atoms. The number of fused-ring (bicyclic) bond motifs is 1. The standard InChI is InChI=1S/C16H27NO3S/c1-14(2,3)11-9-7-16(12(11)15(16,4)5)8-10(9)13(18)17-21(6,19)20/h9-12H,7-8H2,1-6H3,(H,17,18). The highest BCUT2D eigenvalue weighted by Crippen LogP contribution is 2.87. The molecule has 3 aliphatic carbocycles. The van der Waals surface area contributed by atoms with Gasteiger partial charge in [-0.3, -0.25) is 9.52 Å². The normalized spacial score (nSPS) is 43.5. The Morgan fingerprint density at radius 1 is 1.19 bits per heavy atom. The van der Waals surface area contributed by atoms with E-state index in [0.717, 1.165) is 19.1 Å². The number of sulfonamides is 1. The van der Waals surface area contributed by atoms with Crippen molar-refractivity contribution in [3.8, 4) is 0 Å². The Morgan fingerprint density at radius 2 is 1.76 bits per heavy atom. The van der Waals surface area contributed by atoms with Crippen LogP contribution < -0.4 is 4.72 Å². The number of amides is 1. The van der Waals surface area contributed by atoms with Crippen LogP contribution in [0.25, 0.3) is 0 Å². The van der Waals surface area contributed by atoms with Crippen molar-refractivity contribution in [1.29, 1.82) is 0 Å². The summed E-state index contributed by atoms with van der Waals surface area (Å²) in [5.74, 6) is 1.12. The van der Waals surface area contributed by atoms with Gasteiger partial charge in [-0.15, -0.1) is 0 Å². The van der Waals surface area contributed by atoms with Crippen LogP contribution in [-0.2, 0) is 14.8 Å². The third kappa shape index (κ3) is 1.92. The van der Waals surface area contributed by atoms with Crippen molar-refractivity contribution in [1.82, 2.24) is 4.72 Å². The number of carbonyl (C=O) groups is 1. The molecule has 0 saturated heterocycles. The zero-order valence-electron chi connectivity index (χ0n) is 13.9. The van der Waals surface area contributed by atoms with Crippen molar-refractivity contribution >= 4 is 15.9 Å². The fourth-order valence-electron chi connectivity index (χ4n) is 6.06. The maximum Gasteiger partial charge on any atom is 0.236 e. The molecule has 3 fully saturated rings. The second-order valence-corrected chi connectivity index (χ2v) is 10.9. The van der Waals surface area contributed by atoms with Gasteiger partial charge in [-0.05, 0) is 46.8 Å². The molecule has 3 aliphatic rings. The van der Waals surface area contributed by atoms with Crippen LogP contribution >= 0.6 is 0 Å². The molecule has 1 amide bonds. The molecule has 0 aromatic rings. The van der Waals surface area contributed by atoms with Gasteiger partial charge in [0.1, 0.15) is 0 Å². The molecule has 4 nitrogen and oxygen atoms in total. The van der Waals surface area contributed by atoms with E-state index in [0.29, 0.717) is 23.2 Å². The molecule has 5 unspecified atom stereocenters. The molecule has 1 N–H and O–H groups in total. The van der Waals surface area contributed by atoms with Crippen LogP contribution in [0.1, 0.15) is 47.5 Å². The van der Waals surface area contributed by atoms with Crippen molar-refractivity contribution in [3.63, 3.8) is 0 Å². The average molecular weight is 313 g/mol. The molecule has 120 valence electrons. The van der Waals surface area contributed by atoms with Crippen LogP contribution in [0.5, 0.6) is 0 Å². The Morgan fingerprint density at radius 3 is 2.19 bits per heavy atom. The van der Waals surface area contributed by atoms with Crippen LogP contribution in [0, 0.1) is 39.9 Å². The van der Waals surface area contributed by atoms with Crippen LogP contribution in [0.2, 0.25) is 0 Å². The van der Waals surface area contributed by atoms with Gasteiger partial charge < -0.3 is 0 Å². The Balaban J connectivity index is 1.90. The van der Waals surface area contributed by atoms with E-state index in [1.165, 1.54) is 0 Å². The first-order chi connectivity index (χ1) is 9.31. The number of hydrogen-bond donors (Lipinski definition) is 1. The lowest BCUT2D eigenvalue weighted by molar-refractivity contribution is -0.126. The van der Waals surface area contributed by atoms with E-state index in [-0.39, 0.29) is 22.7 Å². The van der Waals surface area contributed by atoms with Gasteiger partial charge in [-0.1, -0.05) is 34.6 Å². The smallest absolute Gasteiger partial charge is 0.236 e. The molecule has 0 aliphatic heterocycles. The zero-order valence-corrected chi connectivity index (χ0v) is 14.7. The van der Waals surface area contributed by atoms with Crippen LogP contribution in [0.3, 0.4) is 0 Å². The summed E-state index contributed by atoms with van der Waals surface area (Å²) in [6.07, 6.45) is 3.01. The van der Waals surface area contributed by atoms with Crippen LogP contribution in [0.4, 0.5) is 0 Å². The van der Waals surface area contributed by atoms with Crippen LogP contribution in [-0.4, -0.2) is 20.6 Å². The van der Waals surface area contributed by atoms with E-state index < -0.39 is 10.0 Å². The minimum absolute atomic E-state index is 0.137. The maximum atomic E-state index is 12.4. The van der Waals surface area contributed by atoms with Crippen molar-refractivity contribution in [2.45, 2.75) is 47.5 Å². The van der Waals surface area contributed by atoms with E-state index in [2.05, 4.69) is 39.3 Å². The number of nitrogens with one attached hydrogen (secondary N) is 1. The average Bonchev–Trinajstić information content (AvgIpc) is 2.67. The predicted molar refractivity (Wildman–Crippen MR) is 81.8 cm³/mol. The van der Waals surface area contributed by atoms with Gasteiger partial charge in [0.15, 0.2) is 0 Å². The Hall–Kier alpha value is -0.580. The highest BCUT2D eigenvalue weighted by Gasteiger charge is 2.83. The van der Waals surface area contributed by atoms with E-state index in [1.54, 1.807) is 0 Å². The minimum atomic E-state index is -3.47. The first-order valence-electron chi connectivity index (χ1n) is 7.83. The summed E-state index contributed by atoms with van der Waals surface area (Å²) < 4.78 is 25.0. The molecule has 2 bridgehead atoms. The fraction of sp³-hybridized carbons (Fsp3) is 0.938. The summed E-state index contributed by atoms with van der Waals surface area (Å²) in [4.78, 5) is 12.4. The van der Waals surface area contributed by atoms with E-state index >= 15 is 0 Å². The molecule has 0 aromatic heterocycles. The summed E-state index contributed by atoms with van der Waals surface area (Å²) in [6, 6.07) is 0. The zero-order chi connectivity index (χ0) is 16.0. The Labute approximate surface area is 128 Å². The van der Waals surface area contributed by atoms with Gasteiger partial charge in [-0.2, -0.15) is 0 Å². The third-order valence-electron chi connectivity index (χ3n) is 6.72. The van der Waals surface area contributed by atoms with Gasteiger partial charge in [-0.25, -0.2) is 8.42 Å². The van der Waals surface area contributed by atoms with Crippen molar-refractivity contribution in [3.05, 3.63) is 0 Å². The van der Waals surface area contributed by atoms with Crippen molar-refractivity contribution in [2.75, 3.05) is 6.26 Å². The first kappa shape index (κ1) is 15.3. The summed E-state index contributed by atoms with van der Waals surface area (Å²) in [5, 5.41) is 0. The molecule has 3 rings (SSSR count). The van der Waals surface area contributed by atoms with Crippen LogP contribution in [0.15, 0.2) is 0 Å². The largest absolute Gasteiger partial charge is 0.274 e. The molecular formula is C16H27NO3S. The minimum Gasteiger partial charge on any atom is -0.274 e. The first-order valence-corrected chi connectivity index (χ1v) is 9.72. The molecular weight excluding hydrogens is 286 g/mol. The molecule has 0 heterocycles. The molecule has 5 heteroatoms. The van der Waals surface area contributed by atoms with Gasteiger partial charge in [0.25, 0.3) is 0 Å². The highest BCUT2D eigenvalue weighted by atomic mass is 32.2. The summed E-state index contributed by atoms with van der Waals surface area (Å²) >= 11 is 0. The summed E-state index contributed by atoms with van der Waals surface area (Å²) in [7, 11) is -3.47. The van der Waals surface area contributed by atoms with Gasteiger partial charge in [0.05, 0.1) is 6.26 Å². The highest BCUT2D eigenvalue weighted by molar-refractivity contribution is 7.89. The SMILES string of the molecule is CC(C)(C)C1C2CC3(CC2C(=O)NS(C)(=O)=O)C1C3(C)C. The quantitative estimate of drug-likeness (QED) is 0.851. The second-order valence-electron chi connectivity index (χ2n) is 9.16. The van der Waals surface area contributed by atoms with E-state index in [4.69, 9.17) is 0 Å². The number of carbonyl (C=O) groups excluding carboxylic acids is 1. The molecule has 0 aromatic carbocycles. The molecule has 21 heavy (non-hydrogen) atoms. The molecule has 5 atom stereocenters. The predicted octanol–water partition coefficient (Wildman–Crippen LogP) is 2.41. The number of hydrogen-bond acceptors (Lipinski definition) is 3. The lowest BCUT2D eigenvalue weighted by atomic mass is 9.66. The maximum absolute atomic E-state index is 12.4. The van der Waals surface area contributed by atoms with Gasteiger partial charge in [0, 0.05) is 5.92 Å². The van der Waals surface area contributed by atoms with Gasteiger partial charge >= 0.3 is 0 Å². The lowest BCUT2D eigenvalue weighted by Gasteiger charge is -2.38. The van der Waals surface area contributed by atoms with Gasteiger partial charge in [0.2, 0.25) is 15.9 Å². The van der Waals surface area contributed by atoms with Crippen molar-refractivity contribution < 1.29 is 13.2 Å². The summed E-state index contributed by atoms with van der Waals surface area (Å²) in [6.45, 7) is 11.4.